The van der Waals surface area contributed by atoms with Gasteiger partial charge in [-0.1, -0.05) is 0 Å². The molecular formula is C12H17NO6. The van der Waals surface area contributed by atoms with Crippen LogP contribution in [0.5, 0.6) is 0 Å². The molecule has 19 heavy (non-hydrogen) atoms. The Hall–Kier alpha value is -1.73. The maximum absolute atomic E-state index is 11.2. The molecule has 7 nitrogen and oxygen atoms in total. The first kappa shape index (κ1) is 15.3. The number of hydrogen-bond acceptors (Lipinski definition) is 6. The van der Waals surface area contributed by atoms with Gasteiger partial charge in [-0.2, -0.15) is 0 Å². The summed E-state index contributed by atoms with van der Waals surface area (Å²) in [5, 5.41) is 0. The molecule has 2 amide bonds. The van der Waals surface area contributed by atoms with Crippen molar-refractivity contribution in [3.63, 3.8) is 0 Å². The predicted molar refractivity (Wildman–Crippen MR) is 64.1 cm³/mol. The first-order chi connectivity index (χ1) is 9.11. The van der Waals surface area contributed by atoms with Gasteiger partial charge in [0.25, 0.3) is 11.8 Å². The second-order valence-corrected chi connectivity index (χ2v) is 3.73. The van der Waals surface area contributed by atoms with Crippen molar-refractivity contribution in [2.24, 2.45) is 0 Å². The van der Waals surface area contributed by atoms with E-state index in [1.165, 1.54) is 19.1 Å². The zero-order chi connectivity index (χ0) is 14.1. The fraction of sp³-hybridized carbons (Fsp3) is 0.583. The fourth-order valence-corrected chi connectivity index (χ4v) is 1.37. The number of carbonyl (C=O) groups is 3. The Kier molecular flexibility index (Phi) is 6.76. The molecule has 0 aromatic heterocycles. The Morgan fingerprint density at radius 3 is 2.11 bits per heavy atom. The van der Waals surface area contributed by atoms with E-state index in [0.29, 0.717) is 19.8 Å². The fourth-order valence-electron chi connectivity index (χ4n) is 1.37. The van der Waals surface area contributed by atoms with Gasteiger partial charge in [-0.05, 0) is 0 Å². The lowest BCUT2D eigenvalue weighted by Gasteiger charge is -2.13. The molecule has 0 unspecified atom stereocenters. The van der Waals surface area contributed by atoms with Crippen LogP contribution in [0.4, 0.5) is 0 Å². The van der Waals surface area contributed by atoms with Crippen molar-refractivity contribution >= 4 is 17.8 Å². The van der Waals surface area contributed by atoms with Crippen molar-refractivity contribution < 1.29 is 28.6 Å². The van der Waals surface area contributed by atoms with Crippen molar-refractivity contribution in [3.05, 3.63) is 12.2 Å². The van der Waals surface area contributed by atoms with E-state index in [4.69, 9.17) is 9.47 Å². The average molecular weight is 271 g/mol. The summed E-state index contributed by atoms with van der Waals surface area (Å²) in [5.41, 5.74) is 0. The van der Waals surface area contributed by atoms with Gasteiger partial charge in [-0.25, -0.2) is 0 Å². The van der Waals surface area contributed by atoms with Crippen molar-refractivity contribution in [2.75, 3.05) is 39.6 Å². The minimum absolute atomic E-state index is 0.220. The van der Waals surface area contributed by atoms with Crippen LogP contribution >= 0.6 is 0 Å². The minimum atomic E-state index is -0.339. The van der Waals surface area contributed by atoms with E-state index in [0.717, 1.165) is 4.90 Å². The Morgan fingerprint density at radius 2 is 1.53 bits per heavy atom. The zero-order valence-electron chi connectivity index (χ0n) is 10.8. The number of amides is 2. The summed E-state index contributed by atoms with van der Waals surface area (Å²) < 4.78 is 15.0. The lowest BCUT2D eigenvalue weighted by Crippen LogP contribution is -2.33. The molecule has 1 rings (SSSR count). The van der Waals surface area contributed by atoms with Crippen LogP contribution in [0.3, 0.4) is 0 Å². The van der Waals surface area contributed by atoms with Gasteiger partial charge in [0.15, 0.2) is 0 Å². The Balaban J connectivity index is 1.90. The smallest absolute Gasteiger partial charge is 0.302 e. The number of imide groups is 1. The zero-order valence-corrected chi connectivity index (χ0v) is 10.8. The van der Waals surface area contributed by atoms with E-state index in [1.54, 1.807) is 0 Å². The van der Waals surface area contributed by atoms with Gasteiger partial charge < -0.3 is 14.2 Å². The first-order valence-electron chi connectivity index (χ1n) is 5.93. The Labute approximate surface area is 111 Å². The largest absolute Gasteiger partial charge is 0.463 e. The molecule has 1 aliphatic rings. The maximum Gasteiger partial charge on any atom is 0.302 e. The van der Waals surface area contributed by atoms with Crippen LogP contribution in [-0.2, 0) is 28.6 Å². The summed E-state index contributed by atoms with van der Waals surface area (Å²) in [6.45, 7) is 3.09. The second kappa shape index (κ2) is 8.39. The van der Waals surface area contributed by atoms with Crippen LogP contribution in [0, 0.1) is 0 Å². The van der Waals surface area contributed by atoms with E-state index in [9.17, 15) is 14.4 Å². The number of hydrogen-bond donors (Lipinski definition) is 0. The first-order valence-corrected chi connectivity index (χ1v) is 5.93. The Morgan fingerprint density at radius 1 is 1.00 bits per heavy atom. The van der Waals surface area contributed by atoms with Gasteiger partial charge in [-0.3, -0.25) is 19.3 Å². The molecule has 106 valence electrons. The minimum Gasteiger partial charge on any atom is -0.463 e. The van der Waals surface area contributed by atoms with E-state index >= 15 is 0 Å². The second-order valence-electron chi connectivity index (χ2n) is 3.73. The van der Waals surface area contributed by atoms with Crippen molar-refractivity contribution in [1.82, 2.24) is 4.90 Å². The Bertz CT molecular complexity index is 347. The number of rotatable bonds is 9. The van der Waals surface area contributed by atoms with Gasteiger partial charge in [-0.15, -0.1) is 0 Å². The maximum atomic E-state index is 11.2. The highest BCUT2D eigenvalue weighted by Crippen LogP contribution is 2.02. The third-order valence-corrected chi connectivity index (χ3v) is 2.26. The molecule has 0 aromatic carbocycles. The van der Waals surface area contributed by atoms with Crippen molar-refractivity contribution in [3.8, 4) is 0 Å². The highest BCUT2D eigenvalue weighted by molar-refractivity contribution is 6.12. The molecule has 7 heteroatoms. The summed E-state index contributed by atoms with van der Waals surface area (Å²) in [6.07, 6.45) is 2.47. The molecule has 0 fully saturated rings. The van der Waals surface area contributed by atoms with E-state index < -0.39 is 0 Å². The van der Waals surface area contributed by atoms with Crippen LogP contribution in [0.25, 0.3) is 0 Å². The van der Waals surface area contributed by atoms with Gasteiger partial charge in [0.05, 0.1) is 33.0 Å². The summed E-state index contributed by atoms with van der Waals surface area (Å²) in [5.74, 6) is -0.967. The molecule has 1 heterocycles. The van der Waals surface area contributed by atoms with Gasteiger partial charge >= 0.3 is 5.97 Å². The molecule has 0 aromatic rings. The molecule has 0 saturated heterocycles. The molecule has 0 aliphatic carbocycles. The summed E-state index contributed by atoms with van der Waals surface area (Å²) in [7, 11) is 0. The van der Waals surface area contributed by atoms with Crippen molar-refractivity contribution in [1.29, 1.82) is 0 Å². The predicted octanol–water partition coefficient (Wildman–Crippen LogP) is -0.492. The van der Waals surface area contributed by atoms with Crippen LogP contribution in [0.1, 0.15) is 6.92 Å². The van der Waals surface area contributed by atoms with Gasteiger partial charge in [0.1, 0.15) is 6.61 Å². The molecule has 0 radical (unpaired) electrons. The highest BCUT2D eigenvalue weighted by Gasteiger charge is 2.22. The van der Waals surface area contributed by atoms with Crippen LogP contribution in [0.15, 0.2) is 12.2 Å². The van der Waals surface area contributed by atoms with Gasteiger partial charge in [0.2, 0.25) is 0 Å². The summed E-state index contributed by atoms with van der Waals surface area (Å²) in [4.78, 5) is 33.9. The molecule has 0 saturated carbocycles. The van der Waals surface area contributed by atoms with E-state index in [2.05, 4.69) is 4.74 Å². The quantitative estimate of drug-likeness (QED) is 0.320. The van der Waals surface area contributed by atoms with Crippen LogP contribution in [-0.4, -0.2) is 62.3 Å². The number of esters is 1. The highest BCUT2D eigenvalue weighted by atomic mass is 16.6. The lowest BCUT2D eigenvalue weighted by molar-refractivity contribution is -0.143. The number of carbonyl (C=O) groups excluding carboxylic acids is 3. The van der Waals surface area contributed by atoms with Crippen molar-refractivity contribution in [2.45, 2.75) is 6.92 Å². The third-order valence-electron chi connectivity index (χ3n) is 2.26. The molecular weight excluding hydrogens is 254 g/mol. The SMILES string of the molecule is CC(=O)OCCOCCOCCN1C(=O)C=CC1=O. The normalized spacial score (nSPS) is 14.3. The monoisotopic (exact) mass is 271 g/mol. The van der Waals surface area contributed by atoms with E-state index in [1.807, 2.05) is 0 Å². The molecule has 0 spiro atoms. The molecule has 0 atom stereocenters. The van der Waals surface area contributed by atoms with Gasteiger partial charge in [0, 0.05) is 19.1 Å². The van der Waals surface area contributed by atoms with E-state index in [-0.39, 0.29) is 37.5 Å². The standard InChI is InChI=1S/C12H17NO6/c1-10(14)19-9-8-18-7-6-17-5-4-13-11(15)2-3-12(13)16/h2-3H,4-9H2,1H3. The molecule has 1 aliphatic heterocycles. The number of ether oxygens (including phenoxy) is 3. The molecule has 0 N–H and O–H groups in total. The summed E-state index contributed by atoms with van der Waals surface area (Å²) in [6, 6.07) is 0. The van der Waals surface area contributed by atoms with Crippen LogP contribution in [0.2, 0.25) is 0 Å². The molecule has 0 bridgehead atoms. The number of nitrogens with zero attached hydrogens (tertiary/aromatic N) is 1. The lowest BCUT2D eigenvalue weighted by atomic mass is 10.5. The summed E-state index contributed by atoms with van der Waals surface area (Å²) >= 11 is 0. The third kappa shape index (κ3) is 6.12. The topological polar surface area (TPSA) is 82.1 Å². The average Bonchev–Trinajstić information content (AvgIpc) is 2.67. The van der Waals surface area contributed by atoms with Crippen LogP contribution < -0.4 is 0 Å².